The summed E-state index contributed by atoms with van der Waals surface area (Å²) in [6.45, 7) is 1.11. The summed E-state index contributed by atoms with van der Waals surface area (Å²) in [6, 6.07) is 12.0. The predicted molar refractivity (Wildman–Crippen MR) is 145 cm³/mol. The van der Waals surface area contributed by atoms with Gasteiger partial charge in [-0.2, -0.15) is 0 Å². The van der Waals surface area contributed by atoms with E-state index in [2.05, 4.69) is 9.47 Å². The van der Waals surface area contributed by atoms with Gasteiger partial charge in [0.1, 0.15) is 23.0 Å². The molecule has 0 aliphatic rings. The maximum absolute atomic E-state index is 11.6. The van der Waals surface area contributed by atoms with Crippen molar-refractivity contribution in [3.8, 4) is 23.0 Å². The Morgan fingerprint density at radius 1 is 0.523 bits per heavy atom. The van der Waals surface area contributed by atoms with E-state index in [0.29, 0.717) is 23.0 Å². The van der Waals surface area contributed by atoms with Crippen LogP contribution in [0, 0.1) is 0 Å². The Kier molecular flexibility index (Phi) is 16.2. The molecule has 0 saturated heterocycles. The highest BCUT2D eigenvalue weighted by Gasteiger charge is 2.19. The average molecular weight is 625 g/mol. The van der Waals surface area contributed by atoms with Gasteiger partial charge in [-0.3, -0.25) is 0 Å². The highest BCUT2D eigenvalue weighted by molar-refractivity contribution is 5.80. The number of methoxy groups -OCH3 is 2. The van der Waals surface area contributed by atoms with E-state index in [1.165, 1.54) is 76.6 Å². The highest BCUT2D eigenvalue weighted by atomic mass is 16.6. The van der Waals surface area contributed by atoms with E-state index in [1.54, 1.807) is 0 Å². The number of carboxylic acid groups (broad SMARTS) is 2. The molecule has 2 aromatic carbocycles. The van der Waals surface area contributed by atoms with Crippen molar-refractivity contribution in [2.24, 2.45) is 0 Å². The van der Waals surface area contributed by atoms with Crippen LogP contribution < -0.4 is 18.9 Å². The maximum atomic E-state index is 11.6. The Hall–Kier alpha value is -5.54. The van der Waals surface area contributed by atoms with Crippen molar-refractivity contribution in [3.63, 3.8) is 0 Å². The predicted octanol–water partition coefficient (Wildman–Crippen LogP) is 1.27. The number of aliphatic carboxylic acids is 2. The molecule has 16 nitrogen and oxygen atoms in total. The molecule has 0 spiro atoms. The molecule has 0 aliphatic heterocycles. The van der Waals surface area contributed by atoms with Crippen LogP contribution in [0.1, 0.15) is 13.8 Å². The van der Waals surface area contributed by atoms with Crippen molar-refractivity contribution in [1.29, 1.82) is 0 Å². The van der Waals surface area contributed by atoms with Crippen molar-refractivity contribution < 1.29 is 76.9 Å². The van der Waals surface area contributed by atoms with E-state index in [1.807, 2.05) is 0 Å². The van der Waals surface area contributed by atoms with E-state index in [9.17, 15) is 28.8 Å². The third kappa shape index (κ3) is 15.5. The molecule has 240 valence electrons. The van der Waals surface area contributed by atoms with Crippen LogP contribution in [0.4, 0.5) is 0 Å². The second-order valence-corrected chi connectivity index (χ2v) is 8.20. The fourth-order valence-electron chi connectivity index (χ4n) is 2.73. The summed E-state index contributed by atoms with van der Waals surface area (Å²) in [6.07, 6.45) is -2.06. The van der Waals surface area contributed by atoms with Gasteiger partial charge >= 0.3 is 35.8 Å². The quantitative estimate of drug-likeness (QED) is 0.198. The number of ether oxygens (including phenoxy) is 8. The molecule has 0 bridgehead atoms. The molecule has 16 heteroatoms. The van der Waals surface area contributed by atoms with Crippen LogP contribution in [0.5, 0.6) is 23.0 Å². The number of rotatable bonds is 16. The molecule has 44 heavy (non-hydrogen) atoms. The van der Waals surface area contributed by atoms with Gasteiger partial charge in [0, 0.05) is 0 Å². The molecule has 2 unspecified atom stereocenters. The SMILES string of the molecule is COC(=O)C(C)OC(=O)COc1ccc(OCC(=O)OC(C)C(=O)OC)cc1.O=C(O)COc1ccc(OCC(=O)O)cc1. The number of carboxylic acids is 2. The standard InChI is InChI=1S/C18H22O10.C10H10O6/c1-11(17(21)23-3)27-15(19)9-25-13-5-7-14(8-6-13)26-10-16(20)28-12(2)18(22)24-4;11-9(12)5-15-7-1-2-8(4-3-7)16-6-10(13)14/h5-8,11-12H,9-10H2,1-4H3;1-4H,5-6H2,(H,11,12)(H,13,14). The van der Waals surface area contributed by atoms with Crippen LogP contribution in [-0.4, -0.2) is 98.9 Å². The van der Waals surface area contributed by atoms with Gasteiger partial charge < -0.3 is 48.1 Å². The number of hydrogen-bond donors (Lipinski definition) is 2. The van der Waals surface area contributed by atoms with Gasteiger partial charge in [0.05, 0.1) is 14.2 Å². The lowest BCUT2D eigenvalue weighted by Gasteiger charge is -2.12. The number of carbonyl (C=O) groups is 6. The zero-order valence-electron chi connectivity index (χ0n) is 24.2. The third-order valence-corrected chi connectivity index (χ3v) is 4.77. The van der Waals surface area contributed by atoms with Crippen LogP contribution in [0.2, 0.25) is 0 Å². The molecule has 2 aromatic rings. The first kappa shape index (κ1) is 36.5. The summed E-state index contributed by atoms with van der Waals surface area (Å²) < 4.78 is 38.7. The summed E-state index contributed by atoms with van der Waals surface area (Å²) in [5, 5.41) is 16.7. The van der Waals surface area contributed by atoms with Gasteiger partial charge in [0.25, 0.3) is 0 Å². The molecule has 0 radical (unpaired) electrons. The van der Waals surface area contributed by atoms with Gasteiger partial charge in [-0.05, 0) is 62.4 Å². The van der Waals surface area contributed by atoms with Gasteiger partial charge in [-0.1, -0.05) is 0 Å². The smallest absolute Gasteiger partial charge is 0.346 e. The molecule has 0 aromatic heterocycles. The molecule has 0 aliphatic carbocycles. The summed E-state index contributed by atoms with van der Waals surface area (Å²) >= 11 is 0. The number of benzene rings is 2. The average Bonchev–Trinajstić information content (AvgIpc) is 3.01. The molecule has 0 saturated carbocycles. The summed E-state index contributed by atoms with van der Waals surface area (Å²) in [4.78, 5) is 65.9. The minimum Gasteiger partial charge on any atom is -0.482 e. The fraction of sp³-hybridized carbons (Fsp3) is 0.357. The minimum atomic E-state index is -1.06. The molecular weight excluding hydrogens is 592 g/mol. The molecule has 0 amide bonds. The Bertz CT molecular complexity index is 1140. The third-order valence-electron chi connectivity index (χ3n) is 4.77. The van der Waals surface area contributed by atoms with E-state index < -0.39 is 74.5 Å². The minimum absolute atomic E-state index is 0.344. The Morgan fingerprint density at radius 2 is 0.773 bits per heavy atom. The van der Waals surface area contributed by atoms with Gasteiger partial charge in [-0.25, -0.2) is 28.8 Å². The van der Waals surface area contributed by atoms with Crippen molar-refractivity contribution in [1.82, 2.24) is 0 Å². The van der Waals surface area contributed by atoms with Crippen LogP contribution in [-0.2, 0) is 47.7 Å². The first-order chi connectivity index (χ1) is 20.8. The lowest BCUT2D eigenvalue weighted by molar-refractivity contribution is -0.165. The Balaban J connectivity index is 0.000000511. The lowest BCUT2D eigenvalue weighted by atomic mass is 10.3. The van der Waals surface area contributed by atoms with E-state index >= 15 is 0 Å². The molecule has 2 atom stereocenters. The maximum Gasteiger partial charge on any atom is 0.346 e. The Labute approximate surface area is 251 Å². The number of carbonyl (C=O) groups excluding carboxylic acids is 4. The van der Waals surface area contributed by atoms with E-state index in [-0.39, 0.29) is 0 Å². The summed E-state index contributed by atoms with van der Waals surface area (Å²) in [5.41, 5.74) is 0. The van der Waals surface area contributed by atoms with Crippen LogP contribution in [0.3, 0.4) is 0 Å². The normalized spacial score (nSPS) is 11.2. The monoisotopic (exact) mass is 624 g/mol. The molecule has 2 rings (SSSR count). The van der Waals surface area contributed by atoms with Crippen molar-refractivity contribution >= 4 is 35.8 Å². The van der Waals surface area contributed by atoms with Crippen molar-refractivity contribution in [3.05, 3.63) is 48.5 Å². The first-order valence-corrected chi connectivity index (χ1v) is 12.5. The van der Waals surface area contributed by atoms with E-state index in [4.69, 9.17) is 38.6 Å². The van der Waals surface area contributed by atoms with Gasteiger partial charge in [0.2, 0.25) is 0 Å². The van der Waals surface area contributed by atoms with Crippen LogP contribution in [0.25, 0.3) is 0 Å². The zero-order valence-corrected chi connectivity index (χ0v) is 24.2. The van der Waals surface area contributed by atoms with Crippen LogP contribution in [0.15, 0.2) is 48.5 Å². The molecule has 0 heterocycles. The highest BCUT2D eigenvalue weighted by Crippen LogP contribution is 2.18. The van der Waals surface area contributed by atoms with Crippen molar-refractivity contribution in [2.75, 3.05) is 40.6 Å². The van der Waals surface area contributed by atoms with Crippen molar-refractivity contribution in [2.45, 2.75) is 26.1 Å². The lowest BCUT2D eigenvalue weighted by Crippen LogP contribution is -2.28. The second-order valence-electron chi connectivity index (χ2n) is 8.20. The first-order valence-electron chi connectivity index (χ1n) is 12.5. The molecule has 2 N–H and O–H groups in total. The topological polar surface area (TPSA) is 217 Å². The number of esters is 4. The Morgan fingerprint density at radius 3 is 1.00 bits per heavy atom. The number of hydrogen-bond acceptors (Lipinski definition) is 14. The molecular formula is C28H32O16. The summed E-state index contributed by atoms with van der Waals surface area (Å²) in [5.74, 6) is -3.49. The van der Waals surface area contributed by atoms with E-state index in [0.717, 1.165) is 0 Å². The zero-order chi connectivity index (χ0) is 33.1. The van der Waals surface area contributed by atoms with Crippen LogP contribution >= 0.6 is 0 Å². The largest absolute Gasteiger partial charge is 0.482 e. The van der Waals surface area contributed by atoms with Gasteiger partial charge in [-0.15, -0.1) is 0 Å². The van der Waals surface area contributed by atoms with Gasteiger partial charge in [0.15, 0.2) is 38.6 Å². The molecule has 0 fully saturated rings. The summed E-state index contributed by atoms with van der Waals surface area (Å²) in [7, 11) is 2.37. The fourth-order valence-corrected chi connectivity index (χ4v) is 2.73. The second kappa shape index (κ2) is 19.6.